The molecule has 29 heavy (non-hydrogen) atoms. The van der Waals surface area contributed by atoms with Gasteiger partial charge in [-0.15, -0.1) is 0 Å². The highest BCUT2D eigenvalue weighted by Crippen LogP contribution is 2.38. The summed E-state index contributed by atoms with van der Waals surface area (Å²) in [5, 5.41) is 1.03. The molecule has 0 bridgehead atoms. The fourth-order valence-electron chi connectivity index (χ4n) is 3.98. The van der Waals surface area contributed by atoms with Crippen LogP contribution in [0.2, 0.25) is 5.02 Å². The zero-order valence-corrected chi connectivity index (χ0v) is 17.5. The molecule has 2 aromatic rings. The van der Waals surface area contributed by atoms with E-state index in [2.05, 4.69) is 0 Å². The van der Waals surface area contributed by atoms with Gasteiger partial charge in [0.05, 0.1) is 5.92 Å². The Bertz CT molecular complexity index is 908. The van der Waals surface area contributed by atoms with Crippen LogP contribution in [0, 0.1) is 11.7 Å². The summed E-state index contributed by atoms with van der Waals surface area (Å²) in [6.07, 6.45) is 1.04. The van der Waals surface area contributed by atoms with Crippen LogP contribution in [0.25, 0.3) is 0 Å². The van der Waals surface area contributed by atoms with Gasteiger partial charge in [-0.05, 0) is 42.3 Å². The number of hydrogen-bond acceptors (Lipinski definition) is 3. The van der Waals surface area contributed by atoms with Gasteiger partial charge in [0.15, 0.2) is 0 Å². The van der Waals surface area contributed by atoms with E-state index in [0.717, 1.165) is 22.8 Å². The molecule has 0 spiro atoms. The van der Waals surface area contributed by atoms with Gasteiger partial charge in [-0.3, -0.25) is 9.59 Å². The number of anilines is 1. The molecule has 4 rings (SSSR count). The van der Waals surface area contributed by atoms with E-state index in [9.17, 15) is 14.0 Å². The minimum absolute atomic E-state index is 0.0309. The Morgan fingerprint density at radius 1 is 1.10 bits per heavy atom. The molecule has 2 heterocycles. The first-order valence-electron chi connectivity index (χ1n) is 9.73. The van der Waals surface area contributed by atoms with E-state index in [1.165, 1.54) is 12.1 Å². The van der Waals surface area contributed by atoms with Crippen molar-refractivity contribution in [2.24, 2.45) is 5.92 Å². The average molecular weight is 433 g/mol. The van der Waals surface area contributed by atoms with Crippen molar-refractivity contribution in [2.45, 2.75) is 18.1 Å². The topological polar surface area (TPSA) is 40.6 Å². The van der Waals surface area contributed by atoms with Crippen LogP contribution >= 0.6 is 23.4 Å². The number of halogens is 2. The maximum Gasteiger partial charge on any atom is 0.228 e. The maximum atomic E-state index is 13.2. The molecule has 2 aliphatic rings. The summed E-state index contributed by atoms with van der Waals surface area (Å²) < 4.78 is 13.2. The molecule has 0 saturated carbocycles. The summed E-state index contributed by atoms with van der Waals surface area (Å²) >= 11 is 8.18. The molecule has 2 unspecified atom stereocenters. The van der Waals surface area contributed by atoms with Gasteiger partial charge < -0.3 is 9.80 Å². The van der Waals surface area contributed by atoms with Crippen molar-refractivity contribution in [3.05, 3.63) is 64.9 Å². The van der Waals surface area contributed by atoms with E-state index in [0.29, 0.717) is 25.3 Å². The number of nitrogens with zero attached hydrogens (tertiary/aromatic N) is 2. The molecule has 0 N–H and O–H groups in total. The molecular weight excluding hydrogens is 411 g/mol. The van der Waals surface area contributed by atoms with Gasteiger partial charge >= 0.3 is 0 Å². The van der Waals surface area contributed by atoms with E-state index < -0.39 is 0 Å². The van der Waals surface area contributed by atoms with Crippen LogP contribution in [0.1, 0.15) is 23.7 Å². The highest BCUT2D eigenvalue weighted by Gasteiger charge is 2.37. The highest BCUT2D eigenvalue weighted by molar-refractivity contribution is 7.99. The SMILES string of the molecule is O=C(C1CC(=O)N(c2ccc(F)cc2)C1)N1CCSC(c2ccccc2Cl)CC1. The van der Waals surface area contributed by atoms with Crippen molar-refractivity contribution >= 4 is 40.9 Å². The largest absolute Gasteiger partial charge is 0.342 e. The van der Waals surface area contributed by atoms with Gasteiger partial charge in [0, 0.05) is 47.8 Å². The third kappa shape index (κ3) is 4.43. The summed E-state index contributed by atoms with van der Waals surface area (Å²) in [6.45, 7) is 1.68. The van der Waals surface area contributed by atoms with E-state index in [4.69, 9.17) is 11.6 Å². The molecule has 7 heteroatoms. The standard InChI is InChI=1S/C22H22ClFN2O2S/c23-19-4-2-1-3-18(19)20-9-10-25(11-12-29-20)22(28)15-13-21(27)26(14-15)17-7-5-16(24)6-8-17/h1-8,15,20H,9-14H2. The van der Waals surface area contributed by atoms with Crippen molar-refractivity contribution < 1.29 is 14.0 Å². The zero-order chi connectivity index (χ0) is 20.4. The lowest BCUT2D eigenvalue weighted by Gasteiger charge is -2.24. The molecule has 2 aromatic carbocycles. The minimum Gasteiger partial charge on any atom is -0.342 e. The first-order chi connectivity index (χ1) is 14.0. The van der Waals surface area contributed by atoms with Crippen LogP contribution in [0.3, 0.4) is 0 Å². The molecule has 2 atom stereocenters. The Balaban J connectivity index is 1.40. The smallest absolute Gasteiger partial charge is 0.228 e. The molecule has 2 saturated heterocycles. The summed E-state index contributed by atoms with van der Waals surface area (Å²) in [4.78, 5) is 29.0. The maximum absolute atomic E-state index is 13.2. The molecule has 4 nitrogen and oxygen atoms in total. The van der Waals surface area contributed by atoms with Crippen LogP contribution in [0.15, 0.2) is 48.5 Å². The van der Waals surface area contributed by atoms with Crippen LogP contribution in [-0.2, 0) is 9.59 Å². The summed E-state index contributed by atoms with van der Waals surface area (Å²) in [5.41, 5.74) is 1.75. The van der Waals surface area contributed by atoms with Crippen LogP contribution in [0.5, 0.6) is 0 Å². The van der Waals surface area contributed by atoms with Crippen molar-refractivity contribution in [3.63, 3.8) is 0 Å². The number of carbonyl (C=O) groups excluding carboxylic acids is 2. The fourth-order valence-corrected chi connectivity index (χ4v) is 5.58. The highest BCUT2D eigenvalue weighted by atomic mass is 35.5. The van der Waals surface area contributed by atoms with Gasteiger partial charge in [-0.1, -0.05) is 29.8 Å². The summed E-state index contributed by atoms with van der Waals surface area (Å²) in [6, 6.07) is 13.7. The van der Waals surface area contributed by atoms with Gasteiger partial charge in [0.1, 0.15) is 5.82 Å². The van der Waals surface area contributed by atoms with Crippen molar-refractivity contribution in [3.8, 4) is 0 Å². The Morgan fingerprint density at radius 3 is 2.62 bits per heavy atom. The Labute approximate surface area is 179 Å². The first kappa shape index (κ1) is 20.2. The quantitative estimate of drug-likeness (QED) is 0.715. The molecule has 2 amide bonds. The number of hydrogen-bond donors (Lipinski definition) is 0. The predicted molar refractivity (Wildman–Crippen MR) is 115 cm³/mol. The predicted octanol–water partition coefficient (Wildman–Crippen LogP) is 4.54. The number of rotatable bonds is 3. The normalized spacial score (nSPS) is 22.6. The van der Waals surface area contributed by atoms with Crippen LogP contribution < -0.4 is 4.90 Å². The lowest BCUT2D eigenvalue weighted by molar-refractivity contribution is -0.135. The second-order valence-electron chi connectivity index (χ2n) is 7.38. The number of thioether (sulfide) groups is 1. The van der Waals surface area contributed by atoms with E-state index in [-0.39, 0.29) is 35.2 Å². The molecule has 0 aliphatic carbocycles. The van der Waals surface area contributed by atoms with E-state index >= 15 is 0 Å². The zero-order valence-electron chi connectivity index (χ0n) is 15.9. The Morgan fingerprint density at radius 2 is 1.86 bits per heavy atom. The van der Waals surface area contributed by atoms with Crippen LogP contribution in [-0.4, -0.2) is 42.1 Å². The number of amides is 2. The summed E-state index contributed by atoms with van der Waals surface area (Å²) in [7, 11) is 0. The monoisotopic (exact) mass is 432 g/mol. The third-order valence-corrected chi connectivity index (χ3v) is 7.17. The first-order valence-corrected chi connectivity index (χ1v) is 11.2. The molecular formula is C22H22ClFN2O2S. The van der Waals surface area contributed by atoms with Crippen molar-refractivity contribution in [1.82, 2.24) is 4.90 Å². The van der Waals surface area contributed by atoms with Gasteiger partial charge in [0.25, 0.3) is 0 Å². The minimum atomic E-state index is -0.352. The molecule has 152 valence electrons. The molecule has 2 fully saturated rings. The van der Waals surface area contributed by atoms with E-state index in [1.807, 2.05) is 40.9 Å². The lowest BCUT2D eigenvalue weighted by Crippen LogP contribution is -2.38. The van der Waals surface area contributed by atoms with E-state index in [1.54, 1.807) is 17.0 Å². The average Bonchev–Trinajstić information content (AvgIpc) is 2.95. The Hall–Kier alpha value is -2.05. The van der Waals surface area contributed by atoms with Crippen molar-refractivity contribution in [2.75, 3.05) is 30.3 Å². The van der Waals surface area contributed by atoms with Crippen LogP contribution in [0.4, 0.5) is 10.1 Å². The third-order valence-electron chi connectivity index (χ3n) is 5.52. The number of carbonyl (C=O) groups is 2. The summed E-state index contributed by atoms with van der Waals surface area (Å²) in [5.74, 6) is 0.0818. The molecule has 2 aliphatic heterocycles. The second kappa shape index (κ2) is 8.76. The fraction of sp³-hybridized carbons (Fsp3) is 0.364. The van der Waals surface area contributed by atoms with Crippen molar-refractivity contribution in [1.29, 1.82) is 0 Å². The second-order valence-corrected chi connectivity index (χ2v) is 9.09. The molecule has 0 aromatic heterocycles. The Kier molecular flexibility index (Phi) is 6.11. The van der Waals surface area contributed by atoms with Gasteiger partial charge in [0.2, 0.25) is 11.8 Å². The lowest BCUT2D eigenvalue weighted by atomic mass is 10.1. The number of benzene rings is 2. The van der Waals surface area contributed by atoms with Gasteiger partial charge in [-0.2, -0.15) is 11.8 Å². The van der Waals surface area contributed by atoms with Gasteiger partial charge in [-0.25, -0.2) is 4.39 Å². The molecule has 0 radical (unpaired) electrons.